The number of hydrogen-bond donors (Lipinski definition) is 1. The van der Waals surface area contributed by atoms with Crippen molar-refractivity contribution in [2.45, 2.75) is 45.2 Å². The summed E-state index contributed by atoms with van der Waals surface area (Å²) in [7, 11) is 0. The normalized spacial score (nSPS) is 14.1. The van der Waals surface area contributed by atoms with Crippen molar-refractivity contribution in [1.82, 2.24) is 9.78 Å². The fourth-order valence-electron chi connectivity index (χ4n) is 2.23. The molecule has 2 atom stereocenters. The standard InChI is InChI=1S/C16H21Cl2N3/c1-3-11(2)21-7-6-14(20-21)10-13(19)8-12-4-5-15(17)16(18)9-12/h4-7,9,11,13H,3,8,10,19H2,1-2H3. The van der Waals surface area contributed by atoms with Crippen LogP contribution in [0.15, 0.2) is 30.5 Å². The zero-order chi connectivity index (χ0) is 15.4. The Balaban J connectivity index is 1.96. The lowest BCUT2D eigenvalue weighted by atomic mass is 10.0. The largest absolute Gasteiger partial charge is 0.327 e. The van der Waals surface area contributed by atoms with Crippen LogP contribution >= 0.6 is 23.2 Å². The first-order valence-corrected chi connectivity index (χ1v) is 7.98. The summed E-state index contributed by atoms with van der Waals surface area (Å²) in [5.41, 5.74) is 8.34. The van der Waals surface area contributed by atoms with Crippen LogP contribution in [0.1, 0.15) is 37.6 Å². The highest BCUT2D eigenvalue weighted by Crippen LogP contribution is 2.23. The van der Waals surface area contributed by atoms with Crippen molar-refractivity contribution in [3.8, 4) is 0 Å². The lowest BCUT2D eigenvalue weighted by Gasteiger charge is -2.11. The van der Waals surface area contributed by atoms with Gasteiger partial charge in [-0.05, 0) is 43.5 Å². The first kappa shape index (κ1) is 16.3. The summed E-state index contributed by atoms with van der Waals surface area (Å²) in [6.45, 7) is 4.31. The predicted molar refractivity (Wildman–Crippen MR) is 89.1 cm³/mol. The molecule has 2 unspecified atom stereocenters. The Bertz CT molecular complexity index is 595. The summed E-state index contributed by atoms with van der Waals surface area (Å²) < 4.78 is 2.00. The Morgan fingerprint density at radius 2 is 1.95 bits per heavy atom. The minimum Gasteiger partial charge on any atom is -0.327 e. The molecular formula is C16H21Cl2N3. The quantitative estimate of drug-likeness (QED) is 0.861. The predicted octanol–water partition coefficient (Wildman–Crippen LogP) is 4.27. The van der Waals surface area contributed by atoms with E-state index in [-0.39, 0.29) is 6.04 Å². The van der Waals surface area contributed by atoms with E-state index >= 15 is 0 Å². The van der Waals surface area contributed by atoms with Crippen LogP contribution in [0.5, 0.6) is 0 Å². The second-order valence-electron chi connectivity index (χ2n) is 5.46. The number of halogens is 2. The molecule has 0 amide bonds. The SMILES string of the molecule is CCC(C)n1ccc(CC(N)Cc2ccc(Cl)c(Cl)c2)n1. The van der Waals surface area contributed by atoms with Crippen LogP contribution in [0, 0.1) is 0 Å². The summed E-state index contributed by atoms with van der Waals surface area (Å²) in [6.07, 6.45) is 4.60. The van der Waals surface area contributed by atoms with Gasteiger partial charge in [0, 0.05) is 24.7 Å². The maximum Gasteiger partial charge on any atom is 0.0640 e. The van der Waals surface area contributed by atoms with Crippen molar-refractivity contribution < 1.29 is 0 Å². The molecule has 0 bridgehead atoms. The Morgan fingerprint density at radius 3 is 2.62 bits per heavy atom. The fraction of sp³-hybridized carbons (Fsp3) is 0.438. The van der Waals surface area contributed by atoms with Crippen LogP contribution in [-0.2, 0) is 12.8 Å². The van der Waals surface area contributed by atoms with Crippen molar-refractivity contribution in [3.05, 3.63) is 51.8 Å². The fourth-order valence-corrected chi connectivity index (χ4v) is 2.55. The highest BCUT2D eigenvalue weighted by Gasteiger charge is 2.10. The number of aromatic nitrogens is 2. The van der Waals surface area contributed by atoms with Crippen LogP contribution < -0.4 is 5.73 Å². The van der Waals surface area contributed by atoms with Crippen molar-refractivity contribution in [3.63, 3.8) is 0 Å². The molecule has 114 valence electrons. The first-order chi connectivity index (χ1) is 9.99. The summed E-state index contributed by atoms with van der Waals surface area (Å²) in [6, 6.07) is 8.13. The molecule has 2 aromatic rings. The number of benzene rings is 1. The molecule has 0 saturated heterocycles. The highest BCUT2D eigenvalue weighted by molar-refractivity contribution is 6.42. The minimum absolute atomic E-state index is 0.0162. The van der Waals surface area contributed by atoms with E-state index < -0.39 is 0 Å². The molecule has 1 aromatic carbocycles. The molecule has 5 heteroatoms. The Hall–Kier alpha value is -1.03. The molecule has 0 spiro atoms. The first-order valence-electron chi connectivity index (χ1n) is 7.23. The second kappa shape index (κ2) is 7.30. The molecule has 0 radical (unpaired) electrons. The van der Waals surface area contributed by atoms with Gasteiger partial charge in [0.1, 0.15) is 0 Å². The molecule has 0 aliphatic carbocycles. The third-order valence-corrected chi connectivity index (χ3v) is 4.40. The lowest BCUT2D eigenvalue weighted by Crippen LogP contribution is -2.25. The molecule has 0 aliphatic heterocycles. The highest BCUT2D eigenvalue weighted by atomic mass is 35.5. The van der Waals surface area contributed by atoms with Gasteiger partial charge in [-0.1, -0.05) is 36.2 Å². The molecule has 3 nitrogen and oxygen atoms in total. The number of nitrogens with two attached hydrogens (primary N) is 1. The van der Waals surface area contributed by atoms with Crippen molar-refractivity contribution in [2.75, 3.05) is 0 Å². The van der Waals surface area contributed by atoms with E-state index in [4.69, 9.17) is 28.9 Å². The molecule has 0 aliphatic rings. The third-order valence-electron chi connectivity index (χ3n) is 3.66. The van der Waals surface area contributed by atoms with Gasteiger partial charge in [0.2, 0.25) is 0 Å². The van der Waals surface area contributed by atoms with Gasteiger partial charge in [-0.15, -0.1) is 0 Å². The van der Waals surface area contributed by atoms with Crippen molar-refractivity contribution in [2.24, 2.45) is 5.73 Å². The average Bonchev–Trinajstić information content (AvgIpc) is 2.90. The Morgan fingerprint density at radius 1 is 1.19 bits per heavy atom. The molecule has 1 heterocycles. The maximum absolute atomic E-state index is 6.22. The number of nitrogens with zero attached hydrogens (tertiary/aromatic N) is 2. The Kier molecular flexibility index (Phi) is 5.68. The third kappa shape index (κ3) is 4.47. The van der Waals surface area contributed by atoms with Crippen LogP contribution in [0.2, 0.25) is 10.0 Å². The Labute approximate surface area is 136 Å². The van der Waals surface area contributed by atoms with E-state index in [2.05, 4.69) is 18.9 Å². The van der Waals surface area contributed by atoms with Gasteiger partial charge in [0.05, 0.1) is 15.7 Å². The molecule has 21 heavy (non-hydrogen) atoms. The monoisotopic (exact) mass is 325 g/mol. The minimum atomic E-state index is 0.0162. The van der Waals surface area contributed by atoms with Gasteiger partial charge in [0.15, 0.2) is 0 Å². The van der Waals surface area contributed by atoms with Crippen LogP contribution in [0.25, 0.3) is 0 Å². The maximum atomic E-state index is 6.22. The van der Waals surface area contributed by atoms with Gasteiger partial charge in [-0.2, -0.15) is 5.10 Å². The van der Waals surface area contributed by atoms with Crippen LogP contribution in [0.4, 0.5) is 0 Å². The molecular weight excluding hydrogens is 305 g/mol. The van der Waals surface area contributed by atoms with E-state index in [9.17, 15) is 0 Å². The van der Waals surface area contributed by atoms with Gasteiger partial charge in [-0.25, -0.2) is 0 Å². The van der Waals surface area contributed by atoms with Crippen LogP contribution in [0.3, 0.4) is 0 Å². The molecule has 2 N–H and O–H groups in total. The molecule has 1 aromatic heterocycles. The van der Waals surface area contributed by atoms with E-state index in [1.807, 2.05) is 35.1 Å². The van der Waals surface area contributed by atoms with E-state index in [1.165, 1.54) is 0 Å². The summed E-state index contributed by atoms with van der Waals surface area (Å²) in [4.78, 5) is 0. The second-order valence-corrected chi connectivity index (χ2v) is 6.28. The van der Waals surface area contributed by atoms with Crippen LogP contribution in [-0.4, -0.2) is 15.8 Å². The van der Waals surface area contributed by atoms with E-state index in [0.29, 0.717) is 16.1 Å². The van der Waals surface area contributed by atoms with Gasteiger partial charge >= 0.3 is 0 Å². The summed E-state index contributed by atoms with van der Waals surface area (Å²) in [5, 5.41) is 5.73. The molecule has 0 fully saturated rings. The van der Waals surface area contributed by atoms with Gasteiger partial charge < -0.3 is 5.73 Å². The number of hydrogen-bond acceptors (Lipinski definition) is 2. The summed E-state index contributed by atoms with van der Waals surface area (Å²) in [5.74, 6) is 0. The van der Waals surface area contributed by atoms with Crippen molar-refractivity contribution in [1.29, 1.82) is 0 Å². The van der Waals surface area contributed by atoms with Gasteiger partial charge in [0.25, 0.3) is 0 Å². The van der Waals surface area contributed by atoms with Gasteiger partial charge in [-0.3, -0.25) is 4.68 Å². The molecule has 0 saturated carbocycles. The summed E-state index contributed by atoms with van der Waals surface area (Å²) >= 11 is 11.9. The topological polar surface area (TPSA) is 43.8 Å². The zero-order valence-corrected chi connectivity index (χ0v) is 13.9. The van der Waals surface area contributed by atoms with E-state index in [1.54, 1.807) is 0 Å². The number of rotatable bonds is 6. The van der Waals surface area contributed by atoms with Crippen molar-refractivity contribution >= 4 is 23.2 Å². The average molecular weight is 326 g/mol. The smallest absolute Gasteiger partial charge is 0.0640 e. The molecule has 2 rings (SSSR count). The lowest BCUT2D eigenvalue weighted by molar-refractivity contribution is 0.471. The zero-order valence-electron chi connectivity index (χ0n) is 12.4. The van der Waals surface area contributed by atoms with E-state index in [0.717, 1.165) is 30.5 Å².